The molecule has 1 atom stereocenters. The first-order valence-electron chi connectivity index (χ1n) is 4.71. The minimum atomic E-state index is 0.657. The lowest BCUT2D eigenvalue weighted by atomic mass is 10.1. The van der Waals surface area contributed by atoms with Gasteiger partial charge in [0.1, 0.15) is 0 Å². The molecule has 0 aliphatic rings. The first-order valence-corrected chi connectivity index (χ1v) is 5.63. The average molecular weight is 246 g/mol. The lowest BCUT2D eigenvalue weighted by molar-refractivity contribution is 0.678. The highest BCUT2D eigenvalue weighted by atomic mass is 79.9. The van der Waals surface area contributed by atoms with E-state index in [0.29, 0.717) is 4.83 Å². The van der Waals surface area contributed by atoms with Gasteiger partial charge in [0.05, 0.1) is 5.69 Å². The molecule has 0 aliphatic heterocycles. The third kappa shape index (κ3) is 3.89. The predicted octanol–water partition coefficient (Wildman–Crippen LogP) is 2.31. The fourth-order valence-electron chi connectivity index (χ4n) is 1.22. The average Bonchev–Trinajstić information content (AvgIpc) is 2.51. The van der Waals surface area contributed by atoms with E-state index in [0.717, 1.165) is 12.1 Å². The molecule has 3 nitrogen and oxygen atoms in total. The zero-order valence-electron chi connectivity index (χ0n) is 8.20. The second kappa shape index (κ2) is 5.37. The number of hydrogen-bond donors (Lipinski definition) is 0. The molecule has 1 aromatic heterocycles. The summed E-state index contributed by atoms with van der Waals surface area (Å²) in [5.41, 5.74) is 1.10. The molecule has 1 aromatic rings. The minimum Gasteiger partial charge on any atom is -0.255 e. The zero-order valence-corrected chi connectivity index (χ0v) is 9.79. The molecule has 0 radical (unpaired) electrons. The Balaban J connectivity index is 2.20. The summed E-state index contributed by atoms with van der Waals surface area (Å²) in [5, 5.41) is 7.93. The topological polar surface area (TPSA) is 30.7 Å². The van der Waals surface area contributed by atoms with Crippen molar-refractivity contribution >= 4 is 15.9 Å². The fraction of sp³-hybridized carbons (Fsp3) is 0.778. The van der Waals surface area contributed by atoms with E-state index in [1.807, 2.05) is 13.2 Å². The van der Waals surface area contributed by atoms with Gasteiger partial charge in [-0.1, -0.05) is 28.1 Å². The molecule has 0 amide bonds. The second-order valence-corrected chi connectivity index (χ2v) is 4.58. The number of alkyl halides is 1. The van der Waals surface area contributed by atoms with Gasteiger partial charge in [-0.15, -0.1) is 5.10 Å². The van der Waals surface area contributed by atoms with Crippen LogP contribution in [0.5, 0.6) is 0 Å². The number of rotatable bonds is 5. The number of aryl methyl sites for hydroxylation is 2. The lowest BCUT2D eigenvalue weighted by Gasteiger charge is -2.03. The highest BCUT2D eigenvalue weighted by Crippen LogP contribution is 2.13. The minimum absolute atomic E-state index is 0.657. The van der Waals surface area contributed by atoms with E-state index in [1.54, 1.807) is 4.68 Å². The normalized spacial score (nSPS) is 13.2. The van der Waals surface area contributed by atoms with E-state index in [9.17, 15) is 0 Å². The molecule has 1 heterocycles. The van der Waals surface area contributed by atoms with Crippen molar-refractivity contribution in [1.82, 2.24) is 15.0 Å². The van der Waals surface area contributed by atoms with Gasteiger partial charge < -0.3 is 0 Å². The Morgan fingerprint density at radius 3 is 2.92 bits per heavy atom. The van der Waals surface area contributed by atoms with Gasteiger partial charge in [-0.05, 0) is 25.7 Å². The van der Waals surface area contributed by atoms with Gasteiger partial charge >= 0.3 is 0 Å². The Morgan fingerprint density at radius 1 is 1.62 bits per heavy atom. The quantitative estimate of drug-likeness (QED) is 0.746. The van der Waals surface area contributed by atoms with Crippen LogP contribution in [0, 0.1) is 0 Å². The fourth-order valence-corrected chi connectivity index (χ4v) is 1.54. The standard InChI is InChI=1S/C9H16BrN3/c1-3-8(10)5-4-6-9-7-13(2)12-11-9/h7-8H,3-6H2,1-2H3. The molecule has 0 saturated carbocycles. The van der Waals surface area contributed by atoms with E-state index >= 15 is 0 Å². The molecule has 0 fully saturated rings. The lowest BCUT2D eigenvalue weighted by Crippen LogP contribution is -1.96. The molecule has 0 N–H and O–H groups in total. The van der Waals surface area contributed by atoms with Crippen molar-refractivity contribution < 1.29 is 0 Å². The van der Waals surface area contributed by atoms with Crippen LogP contribution in [-0.2, 0) is 13.5 Å². The van der Waals surface area contributed by atoms with Crippen LogP contribution in [0.25, 0.3) is 0 Å². The molecule has 0 aromatic carbocycles. The zero-order chi connectivity index (χ0) is 9.68. The molecule has 74 valence electrons. The van der Waals surface area contributed by atoms with Gasteiger partial charge in [0.25, 0.3) is 0 Å². The maximum Gasteiger partial charge on any atom is 0.0827 e. The molecule has 0 aliphatic carbocycles. The number of halogens is 1. The number of nitrogens with zero attached hydrogens (tertiary/aromatic N) is 3. The summed E-state index contributed by atoms with van der Waals surface area (Å²) in [6, 6.07) is 0. The number of hydrogen-bond acceptors (Lipinski definition) is 2. The van der Waals surface area contributed by atoms with E-state index in [4.69, 9.17) is 0 Å². The van der Waals surface area contributed by atoms with Gasteiger partial charge in [0, 0.05) is 18.1 Å². The van der Waals surface area contributed by atoms with E-state index in [2.05, 4.69) is 33.2 Å². The highest BCUT2D eigenvalue weighted by Gasteiger charge is 2.02. The smallest absolute Gasteiger partial charge is 0.0827 e. The summed E-state index contributed by atoms with van der Waals surface area (Å²) < 4.78 is 1.75. The van der Waals surface area contributed by atoms with Crippen LogP contribution in [0.2, 0.25) is 0 Å². The summed E-state index contributed by atoms with van der Waals surface area (Å²) >= 11 is 3.61. The van der Waals surface area contributed by atoms with Gasteiger partial charge in [-0.2, -0.15) is 0 Å². The first-order chi connectivity index (χ1) is 6.22. The molecule has 0 spiro atoms. The maximum absolute atomic E-state index is 4.04. The Labute approximate surface area is 87.6 Å². The van der Waals surface area contributed by atoms with Crippen molar-refractivity contribution in [2.45, 2.75) is 37.4 Å². The van der Waals surface area contributed by atoms with Crippen molar-refractivity contribution in [1.29, 1.82) is 0 Å². The second-order valence-electron chi connectivity index (χ2n) is 3.28. The van der Waals surface area contributed by atoms with Crippen LogP contribution in [0.4, 0.5) is 0 Å². The van der Waals surface area contributed by atoms with Crippen molar-refractivity contribution in [3.63, 3.8) is 0 Å². The van der Waals surface area contributed by atoms with Crippen LogP contribution < -0.4 is 0 Å². The first kappa shape index (κ1) is 10.7. The van der Waals surface area contributed by atoms with E-state index < -0.39 is 0 Å². The molecule has 0 bridgehead atoms. The van der Waals surface area contributed by atoms with Crippen molar-refractivity contribution in [3.05, 3.63) is 11.9 Å². The third-order valence-corrected chi connectivity index (χ3v) is 3.15. The Kier molecular flexibility index (Phi) is 4.42. The molecule has 1 unspecified atom stereocenters. The van der Waals surface area contributed by atoms with Gasteiger partial charge in [-0.25, -0.2) is 0 Å². The SMILES string of the molecule is CCC(Br)CCCc1cn(C)nn1. The predicted molar refractivity (Wildman–Crippen MR) is 56.9 cm³/mol. The maximum atomic E-state index is 4.04. The third-order valence-electron chi connectivity index (χ3n) is 2.04. The van der Waals surface area contributed by atoms with Crippen molar-refractivity contribution in [2.75, 3.05) is 0 Å². The molecular weight excluding hydrogens is 230 g/mol. The summed E-state index contributed by atoms with van der Waals surface area (Å²) in [7, 11) is 1.90. The Morgan fingerprint density at radius 2 is 2.38 bits per heavy atom. The van der Waals surface area contributed by atoms with Crippen LogP contribution in [-0.4, -0.2) is 19.8 Å². The van der Waals surface area contributed by atoms with Gasteiger partial charge in [0.15, 0.2) is 0 Å². The monoisotopic (exact) mass is 245 g/mol. The van der Waals surface area contributed by atoms with Gasteiger partial charge in [0.2, 0.25) is 0 Å². The van der Waals surface area contributed by atoms with E-state index in [1.165, 1.54) is 19.3 Å². The largest absolute Gasteiger partial charge is 0.255 e. The van der Waals surface area contributed by atoms with E-state index in [-0.39, 0.29) is 0 Å². The summed E-state index contributed by atoms with van der Waals surface area (Å²) in [4.78, 5) is 0.657. The highest BCUT2D eigenvalue weighted by molar-refractivity contribution is 9.09. The molecule has 0 saturated heterocycles. The Bertz CT molecular complexity index is 247. The van der Waals surface area contributed by atoms with Crippen molar-refractivity contribution in [2.24, 2.45) is 7.05 Å². The molecule has 1 rings (SSSR count). The van der Waals surface area contributed by atoms with Crippen LogP contribution in [0.15, 0.2) is 6.20 Å². The van der Waals surface area contributed by atoms with Gasteiger partial charge in [-0.3, -0.25) is 4.68 Å². The molecule has 4 heteroatoms. The Hall–Kier alpha value is -0.380. The summed E-state index contributed by atoms with van der Waals surface area (Å²) in [6.45, 7) is 2.20. The van der Waals surface area contributed by atoms with Crippen LogP contribution in [0.3, 0.4) is 0 Å². The molecule has 13 heavy (non-hydrogen) atoms. The number of aromatic nitrogens is 3. The van der Waals surface area contributed by atoms with Crippen molar-refractivity contribution in [3.8, 4) is 0 Å². The van der Waals surface area contributed by atoms with Crippen LogP contribution >= 0.6 is 15.9 Å². The van der Waals surface area contributed by atoms with Crippen LogP contribution in [0.1, 0.15) is 31.9 Å². The summed E-state index contributed by atoms with van der Waals surface area (Å²) in [6.07, 6.45) is 6.61. The molecular formula is C9H16BrN3. The summed E-state index contributed by atoms with van der Waals surface area (Å²) in [5.74, 6) is 0.